The van der Waals surface area contributed by atoms with E-state index in [2.05, 4.69) is 27.2 Å². The van der Waals surface area contributed by atoms with Crippen molar-refractivity contribution in [3.63, 3.8) is 0 Å². The summed E-state index contributed by atoms with van der Waals surface area (Å²) in [6.07, 6.45) is 0.565. The predicted octanol–water partition coefficient (Wildman–Crippen LogP) is 4.63. The van der Waals surface area contributed by atoms with Gasteiger partial charge in [0.05, 0.1) is 5.69 Å². The minimum absolute atomic E-state index is 0.224. The molecule has 1 fully saturated rings. The molecule has 0 atom stereocenters. The summed E-state index contributed by atoms with van der Waals surface area (Å²) in [6.45, 7) is 2.98. The van der Waals surface area contributed by atoms with Gasteiger partial charge >= 0.3 is 0 Å². The largest absolute Gasteiger partial charge is 0.352 e. The van der Waals surface area contributed by atoms with Crippen molar-refractivity contribution in [2.75, 3.05) is 36.8 Å². The molecule has 2 aromatic carbocycles. The average Bonchev–Trinajstić information content (AvgIpc) is 2.80. The Morgan fingerprint density at radius 1 is 0.900 bits per heavy atom. The second-order valence-electron chi connectivity index (χ2n) is 7.06. The first-order valence-electron chi connectivity index (χ1n) is 9.99. The predicted molar refractivity (Wildman–Crippen MR) is 123 cm³/mol. The molecule has 7 heteroatoms. The van der Waals surface area contributed by atoms with Crippen LogP contribution in [-0.4, -0.2) is 52.9 Å². The minimum Gasteiger partial charge on any atom is -0.352 e. The second-order valence-corrected chi connectivity index (χ2v) is 8.67. The van der Waals surface area contributed by atoms with Crippen molar-refractivity contribution >= 4 is 35.1 Å². The van der Waals surface area contributed by atoms with Crippen molar-refractivity contribution in [1.29, 1.82) is 0 Å². The van der Waals surface area contributed by atoms with Crippen LogP contribution in [0.3, 0.4) is 0 Å². The van der Waals surface area contributed by atoms with Gasteiger partial charge in [-0.15, -0.1) is 22.0 Å². The maximum Gasteiger partial charge on any atom is 0.223 e. The SMILES string of the molecule is O=C(CCSc1ccccc1)N1CCN(c2ccc(-c3ccc(Cl)cc3)nn2)CC1. The molecule has 1 saturated heterocycles. The zero-order chi connectivity index (χ0) is 20.8. The lowest BCUT2D eigenvalue weighted by atomic mass is 10.1. The first-order valence-corrected chi connectivity index (χ1v) is 11.4. The molecule has 1 aliphatic rings. The molecule has 154 valence electrons. The molecule has 0 aliphatic carbocycles. The summed E-state index contributed by atoms with van der Waals surface area (Å²) in [5.41, 5.74) is 1.81. The molecule has 2 heterocycles. The molecule has 1 aliphatic heterocycles. The fraction of sp³-hybridized carbons (Fsp3) is 0.261. The lowest BCUT2D eigenvalue weighted by Crippen LogP contribution is -2.49. The van der Waals surface area contributed by atoms with Crippen LogP contribution in [-0.2, 0) is 4.79 Å². The molecule has 0 N–H and O–H groups in total. The van der Waals surface area contributed by atoms with Crippen LogP contribution in [0.5, 0.6) is 0 Å². The van der Waals surface area contributed by atoms with Crippen LogP contribution >= 0.6 is 23.4 Å². The van der Waals surface area contributed by atoms with Gasteiger partial charge in [-0.3, -0.25) is 4.79 Å². The minimum atomic E-state index is 0.224. The topological polar surface area (TPSA) is 49.3 Å². The van der Waals surface area contributed by atoms with Gasteiger partial charge in [-0.1, -0.05) is 41.9 Å². The summed E-state index contributed by atoms with van der Waals surface area (Å²) in [5, 5.41) is 9.45. The van der Waals surface area contributed by atoms with Crippen LogP contribution < -0.4 is 4.90 Å². The highest BCUT2D eigenvalue weighted by Crippen LogP contribution is 2.22. The number of anilines is 1. The Kier molecular flexibility index (Phi) is 6.87. The Balaban J connectivity index is 1.25. The highest BCUT2D eigenvalue weighted by molar-refractivity contribution is 7.99. The number of aromatic nitrogens is 2. The molecule has 1 aromatic heterocycles. The molecular formula is C23H23ClN4OS. The van der Waals surface area contributed by atoms with Crippen LogP contribution in [0.4, 0.5) is 5.82 Å². The number of halogens is 1. The number of thioether (sulfide) groups is 1. The Morgan fingerprint density at radius 2 is 1.63 bits per heavy atom. The van der Waals surface area contributed by atoms with Gasteiger partial charge in [0.15, 0.2) is 5.82 Å². The maximum atomic E-state index is 12.5. The first kappa shape index (κ1) is 20.7. The third kappa shape index (κ3) is 5.32. The van der Waals surface area contributed by atoms with Crippen LogP contribution in [0, 0.1) is 0 Å². The van der Waals surface area contributed by atoms with Crippen molar-refractivity contribution in [3.8, 4) is 11.3 Å². The number of piperazine rings is 1. The molecule has 0 radical (unpaired) electrons. The van der Waals surface area contributed by atoms with Gasteiger partial charge in [0, 0.05) is 53.8 Å². The maximum absolute atomic E-state index is 12.5. The van der Waals surface area contributed by atoms with E-state index in [9.17, 15) is 4.79 Å². The smallest absolute Gasteiger partial charge is 0.223 e. The van der Waals surface area contributed by atoms with E-state index in [0.29, 0.717) is 11.4 Å². The van der Waals surface area contributed by atoms with E-state index in [4.69, 9.17) is 11.6 Å². The quantitative estimate of drug-likeness (QED) is 0.525. The Labute approximate surface area is 186 Å². The monoisotopic (exact) mass is 438 g/mol. The zero-order valence-electron chi connectivity index (χ0n) is 16.6. The molecule has 4 rings (SSSR count). The number of nitrogens with zero attached hydrogens (tertiary/aromatic N) is 4. The number of hydrogen-bond donors (Lipinski definition) is 0. The molecule has 0 spiro atoms. The molecule has 1 amide bonds. The molecule has 0 saturated carbocycles. The van der Waals surface area contributed by atoms with Gasteiger partial charge in [0.2, 0.25) is 5.91 Å². The molecule has 0 bridgehead atoms. The van der Waals surface area contributed by atoms with Crippen molar-refractivity contribution < 1.29 is 4.79 Å². The van der Waals surface area contributed by atoms with Gasteiger partial charge in [-0.25, -0.2) is 0 Å². The summed E-state index contributed by atoms with van der Waals surface area (Å²) in [5.74, 6) is 1.88. The van der Waals surface area contributed by atoms with Crippen LogP contribution in [0.25, 0.3) is 11.3 Å². The summed E-state index contributed by atoms with van der Waals surface area (Å²) >= 11 is 7.67. The zero-order valence-corrected chi connectivity index (χ0v) is 18.1. The van der Waals surface area contributed by atoms with Crippen molar-refractivity contribution in [1.82, 2.24) is 15.1 Å². The lowest BCUT2D eigenvalue weighted by Gasteiger charge is -2.35. The Morgan fingerprint density at radius 3 is 2.30 bits per heavy atom. The average molecular weight is 439 g/mol. The van der Waals surface area contributed by atoms with Gasteiger partial charge in [-0.05, 0) is 36.4 Å². The number of hydrogen-bond acceptors (Lipinski definition) is 5. The van der Waals surface area contributed by atoms with Crippen molar-refractivity contribution in [2.45, 2.75) is 11.3 Å². The molecule has 30 heavy (non-hydrogen) atoms. The Bertz CT molecular complexity index is 959. The number of carbonyl (C=O) groups is 1. The van der Waals surface area contributed by atoms with E-state index in [-0.39, 0.29) is 5.91 Å². The van der Waals surface area contributed by atoms with Crippen molar-refractivity contribution in [2.24, 2.45) is 0 Å². The van der Waals surface area contributed by atoms with Crippen LogP contribution in [0.15, 0.2) is 71.6 Å². The van der Waals surface area contributed by atoms with E-state index < -0.39 is 0 Å². The number of benzene rings is 2. The van der Waals surface area contributed by atoms with E-state index in [1.807, 2.05) is 59.5 Å². The Hall–Kier alpha value is -2.57. The van der Waals surface area contributed by atoms with Crippen LogP contribution in [0.2, 0.25) is 5.02 Å². The number of carbonyl (C=O) groups excluding carboxylic acids is 1. The van der Waals surface area contributed by atoms with Crippen molar-refractivity contribution in [3.05, 3.63) is 71.8 Å². The highest BCUT2D eigenvalue weighted by Gasteiger charge is 2.22. The van der Waals surface area contributed by atoms with E-state index >= 15 is 0 Å². The summed E-state index contributed by atoms with van der Waals surface area (Å²) < 4.78 is 0. The van der Waals surface area contributed by atoms with E-state index in [1.165, 1.54) is 4.90 Å². The second kappa shape index (κ2) is 9.96. The fourth-order valence-corrected chi connectivity index (χ4v) is 4.37. The number of rotatable bonds is 6. The summed E-state index contributed by atoms with van der Waals surface area (Å²) in [7, 11) is 0. The van der Waals surface area contributed by atoms with Gasteiger partial charge in [-0.2, -0.15) is 0 Å². The summed E-state index contributed by atoms with van der Waals surface area (Å²) in [4.78, 5) is 17.9. The van der Waals surface area contributed by atoms with E-state index in [1.54, 1.807) is 11.8 Å². The van der Waals surface area contributed by atoms with Gasteiger partial charge in [0.25, 0.3) is 0 Å². The number of amides is 1. The standard InChI is InChI=1S/C23H23ClN4OS/c24-19-8-6-18(7-9-19)21-10-11-22(26-25-21)27-13-15-28(16-14-27)23(29)12-17-30-20-4-2-1-3-5-20/h1-11H,12-17H2. The van der Waals surface area contributed by atoms with Gasteiger partial charge in [0.1, 0.15) is 0 Å². The normalized spacial score (nSPS) is 14.0. The molecule has 0 unspecified atom stereocenters. The summed E-state index contributed by atoms with van der Waals surface area (Å²) in [6, 6.07) is 21.7. The molecule has 5 nitrogen and oxygen atoms in total. The lowest BCUT2D eigenvalue weighted by molar-refractivity contribution is -0.131. The van der Waals surface area contributed by atoms with Gasteiger partial charge < -0.3 is 9.80 Å². The first-order chi connectivity index (χ1) is 14.7. The molecular weight excluding hydrogens is 416 g/mol. The van der Waals surface area contributed by atoms with Crippen LogP contribution in [0.1, 0.15) is 6.42 Å². The third-order valence-corrected chi connectivity index (χ3v) is 6.34. The fourth-order valence-electron chi connectivity index (χ4n) is 3.38. The van der Waals surface area contributed by atoms with E-state index in [0.717, 1.165) is 49.0 Å². The highest BCUT2D eigenvalue weighted by atomic mass is 35.5. The molecule has 3 aromatic rings. The third-order valence-electron chi connectivity index (χ3n) is 5.07.